The Morgan fingerprint density at radius 2 is 1.50 bits per heavy atom. The minimum atomic E-state index is 0.0680. The zero-order valence-electron chi connectivity index (χ0n) is 9.53. The normalized spacial score (nSPS) is 10.7. The largest absolute Gasteiger partial charge is 0.507 e. The van der Waals surface area contributed by atoms with Crippen molar-refractivity contribution in [1.29, 1.82) is 0 Å². The number of hydrogen-bond acceptors (Lipinski definition) is 3. The number of phenolic OH excluding ortho intramolecular Hbond substituents is 2. The molecular weight excluding hydrogens is 204 g/mol. The van der Waals surface area contributed by atoms with E-state index in [-0.39, 0.29) is 17.2 Å². The topological polar surface area (TPSA) is 49.7 Å². The third-order valence-corrected chi connectivity index (χ3v) is 2.89. The molecule has 0 amide bonds. The molecule has 2 aromatic carbocycles. The summed E-state index contributed by atoms with van der Waals surface area (Å²) in [5.41, 5.74) is 2.14. The molecule has 0 aliphatic rings. The summed E-state index contributed by atoms with van der Waals surface area (Å²) in [4.78, 5) is 0. The van der Waals surface area contributed by atoms with E-state index in [0.29, 0.717) is 10.8 Å². The molecule has 0 radical (unpaired) electrons. The van der Waals surface area contributed by atoms with Crippen molar-refractivity contribution in [3.05, 3.63) is 29.3 Å². The van der Waals surface area contributed by atoms with E-state index in [1.807, 2.05) is 26.0 Å². The van der Waals surface area contributed by atoms with Gasteiger partial charge in [0, 0.05) is 16.8 Å². The van der Waals surface area contributed by atoms with Gasteiger partial charge in [-0.15, -0.1) is 0 Å². The van der Waals surface area contributed by atoms with Crippen molar-refractivity contribution in [2.45, 2.75) is 13.8 Å². The van der Waals surface area contributed by atoms with Gasteiger partial charge in [-0.1, -0.05) is 0 Å². The molecule has 0 bridgehead atoms. The Hall–Kier alpha value is -1.90. The van der Waals surface area contributed by atoms with Crippen LogP contribution in [0.4, 0.5) is 0 Å². The number of rotatable bonds is 1. The van der Waals surface area contributed by atoms with Crippen molar-refractivity contribution in [3.8, 4) is 17.2 Å². The molecule has 0 spiro atoms. The van der Waals surface area contributed by atoms with Crippen LogP contribution in [0.3, 0.4) is 0 Å². The molecule has 0 fully saturated rings. The van der Waals surface area contributed by atoms with E-state index >= 15 is 0 Å². The molecule has 3 heteroatoms. The zero-order valence-corrected chi connectivity index (χ0v) is 9.53. The highest BCUT2D eigenvalue weighted by Crippen LogP contribution is 2.40. The van der Waals surface area contributed by atoms with Crippen molar-refractivity contribution >= 4 is 10.8 Å². The lowest BCUT2D eigenvalue weighted by Gasteiger charge is -2.11. The third-order valence-electron chi connectivity index (χ3n) is 2.89. The molecule has 0 atom stereocenters. The van der Waals surface area contributed by atoms with E-state index in [2.05, 4.69) is 0 Å². The van der Waals surface area contributed by atoms with Crippen LogP contribution in [0.15, 0.2) is 18.2 Å². The summed E-state index contributed by atoms with van der Waals surface area (Å²) in [6.07, 6.45) is 0. The number of aryl methyl sites for hydroxylation is 2. The van der Waals surface area contributed by atoms with Crippen LogP contribution in [-0.4, -0.2) is 17.3 Å². The fourth-order valence-electron chi connectivity index (χ4n) is 1.78. The Kier molecular flexibility index (Phi) is 2.38. The Morgan fingerprint density at radius 1 is 0.938 bits per heavy atom. The van der Waals surface area contributed by atoms with E-state index in [0.717, 1.165) is 11.1 Å². The highest BCUT2D eigenvalue weighted by atomic mass is 16.5. The van der Waals surface area contributed by atoms with Gasteiger partial charge in [0.05, 0.1) is 7.11 Å². The van der Waals surface area contributed by atoms with Crippen molar-refractivity contribution in [1.82, 2.24) is 0 Å². The molecule has 2 N–H and O–H groups in total. The molecule has 0 heterocycles. The molecule has 0 aliphatic heterocycles. The van der Waals surface area contributed by atoms with Crippen LogP contribution < -0.4 is 4.74 Å². The Bertz CT molecular complexity index is 559. The van der Waals surface area contributed by atoms with E-state index in [1.165, 1.54) is 13.2 Å². The summed E-state index contributed by atoms with van der Waals surface area (Å²) in [7, 11) is 1.46. The number of fused-ring (bicyclic) bond motifs is 1. The SMILES string of the molecule is COc1cc(O)c2cc(C)c(C)cc2c1O. The van der Waals surface area contributed by atoms with Crippen LogP contribution in [0.5, 0.6) is 17.2 Å². The fraction of sp³-hybridized carbons (Fsp3) is 0.231. The van der Waals surface area contributed by atoms with E-state index in [1.54, 1.807) is 0 Å². The van der Waals surface area contributed by atoms with E-state index in [9.17, 15) is 10.2 Å². The van der Waals surface area contributed by atoms with Crippen LogP contribution in [0.1, 0.15) is 11.1 Å². The van der Waals surface area contributed by atoms with Gasteiger partial charge in [-0.25, -0.2) is 0 Å². The molecule has 0 saturated carbocycles. The molecule has 84 valence electrons. The maximum atomic E-state index is 9.95. The van der Waals surface area contributed by atoms with E-state index < -0.39 is 0 Å². The van der Waals surface area contributed by atoms with Gasteiger partial charge in [0.1, 0.15) is 5.75 Å². The summed E-state index contributed by atoms with van der Waals surface area (Å²) in [6, 6.07) is 5.13. The van der Waals surface area contributed by atoms with Gasteiger partial charge in [-0.2, -0.15) is 0 Å². The van der Waals surface area contributed by atoms with Gasteiger partial charge in [0.25, 0.3) is 0 Å². The van der Waals surface area contributed by atoms with Crippen LogP contribution in [0, 0.1) is 13.8 Å². The molecular formula is C13H14O3. The number of ether oxygens (including phenoxy) is 1. The molecule has 3 nitrogen and oxygen atoms in total. The smallest absolute Gasteiger partial charge is 0.165 e. The molecule has 16 heavy (non-hydrogen) atoms. The van der Waals surface area contributed by atoms with E-state index in [4.69, 9.17) is 4.74 Å². The minimum Gasteiger partial charge on any atom is -0.507 e. The molecule has 2 aromatic rings. The lowest BCUT2D eigenvalue weighted by atomic mass is 10.0. The van der Waals surface area contributed by atoms with Gasteiger partial charge in [0.2, 0.25) is 0 Å². The van der Waals surface area contributed by atoms with Crippen molar-refractivity contribution in [3.63, 3.8) is 0 Å². The summed E-state index contributed by atoms with van der Waals surface area (Å²) in [5, 5.41) is 21.0. The van der Waals surface area contributed by atoms with Gasteiger partial charge in [-0.05, 0) is 37.1 Å². The second kappa shape index (κ2) is 3.59. The predicted molar refractivity (Wildman–Crippen MR) is 63.3 cm³/mol. The lowest BCUT2D eigenvalue weighted by Crippen LogP contribution is -1.88. The van der Waals surface area contributed by atoms with Gasteiger partial charge in [0.15, 0.2) is 11.5 Å². The van der Waals surface area contributed by atoms with Crippen molar-refractivity contribution in [2.24, 2.45) is 0 Å². The number of hydrogen-bond donors (Lipinski definition) is 2. The number of phenols is 2. The first-order valence-electron chi connectivity index (χ1n) is 5.04. The second-order valence-corrected chi connectivity index (χ2v) is 3.93. The Balaban J connectivity index is 2.90. The monoisotopic (exact) mass is 218 g/mol. The van der Waals surface area contributed by atoms with Crippen LogP contribution in [0.25, 0.3) is 10.8 Å². The number of methoxy groups -OCH3 is 1. The maximum absolute atomic E-state index is 9.95. The highest BCUT2D eigenvalue weighted by molar-refractivity contribution is 5.96. The summed E-state index contributed by atoms with van der Waals surface area (Å²) >= 11 is 0. The number of aromatic hydroxyl groups is 2. The van der Waals surface area contributed by atoms with Gasteiger partial charge >= 0.3 is 0 Å². The Labute approximate surface area is 93.9 Å². The molecule has 0 aromatic heterocycles. The van der Waals surface area contributed by atoms with Crippen LogP contribution >= 0.6 is 0 Å². The summed E-state index contributed by atoms with van der Waals surface area (Å²) < 4.78 is 4.99. The highest BCUT2D eigenvalue weighted by Gasteiger charge is 2.12. The lowest BCUT2D eigenvalue weighted by molar-refractivity contribution is 0.372. The second-order valence-electron chi connectivity index (χ2n) is 3.93. The molecule has 0 saturated heterocycles. The first kappa shape index (κ1) is 10.6. The Morgan fingerprint density at radius 3 is 2.06 bits per heavy atom. The molecule has 2 rings (SSSR count). The standard InChI is InChI=1S/C13H14O3/c1-7-4-9-10(5-8(7)2)13(15)12(16-3)6-11(9)14/h4-6,14-15H,1-3H3. The number of benzene rings is 2. The van der Waals surface area contributed by atoms with Crippen LogP contribution in [-0.2, 0) is 0 Å². The summed E-state index contributed by atoms with van der Waals surface area (Å²) in [6.45, 7) is 3.93. The maximum Gasteiger partial charge on any atom is 0.165 e. The average molecular weight is 218 g/mol. The van der Waals surface area contributed by atoms with Crippen molar-refractivity contribution < 1.29 is 14.9 Å². The predicted octanol–water partition coefficient (Wildman–Crippen LogP) is 2.88. The minimum absolute atomic E-state index is 0.0680. The summed E-state index contributed by atoms with van der Waals surface area (Å²) in [5.74, 6) is 0.472. The first-order valence-corrected chi connectivity index (χ1v) is 5.04. The third kappa shape index (κ3) is 1.45. The quantitative estimate of drug-likeness (QED) is 0.723. The fourth-order valence-corrected chi connectivity index (χ4v) is 1.78. The average Bonchev–Trinajstić information content (AvgIpc) is 2.26. The van der Waals surface area contributed by atoms with Gasteiger partial charge < -0.3 is 14.9 Å². The zero-order chi connectivity index (χ0) is 11.9. The van der Waals surface area contributed by atoms with Gasteiger partial charge in [-0.3, -0.25) is 0 Å². The molecule has 0 aliphatic carbocycles. The molecule has 0 unspecified atom stereocenters. The van der Waals surface area contributed by atoms with Crippen molar-refractivity contribution in [2.75, 3.05) is 7.11 Å². The van der Waals surface area contributed by atoms with Crippen LogP contribution in [0.2, 0.25) is 0 Å². The first-order chi connectivity index (χ1) is 7.54.